The van der Waals surface area contributed by atoms with E-state index < -0.39 is 10.0 Å². The van der Waals surface area contributed by atoms with Crippen molar-refractivity contribution >= 4 is 10.0 Å². The third-order valence-corrected chi connectivity index (χ3v) is 6.82. The zero-order valence-electron chi connectivity index (χ0n) is 14.0. The lowest BCUT2D eigenvalue weighted by Crippen LogP contribution is -2.39. The fourth-order valence-corrected chi connectivity index (χ4v) is 5.33. The van der Waals surface area contributed by atoms with Gasteiger partial charge in [-0.2, -0.15) is 4.31 Å². The summed E-state index contributed by atoms with van der Waals surface area (Å²) in [6, 6.07) is 4.59. The van der Waals surface area contributed by atoms with E-state index in [1.807, 2.05) is 0 Å². The van der Waals surface area contributed by atoms with Gasteiger partial charge in [0.1, 0.15) is 10.6 Å². The molecule has 126 valence electrons. The molecule has 0 spiro atoms. The van der Waals surface area contributed by atoms with Crippen LogP contribution in [0.3, 0.4) is 0 Å². The topological polar surface area (TPSA) is 68.3 Å². The van der Waals surface area contributed by atoms with Gasteiger partial charge in [0.15, 0.2) is 5.76 Å². The first kappa shape index (κ1) is 16.3. The van der Waals surface area contributed by atoms with Crippen molar-refractivity contribution in [1.29, 1.82) is 0 Å². The van der Waals surface area contributed by atoms with Crippen molar-refractivity contribution < 1.29 is 12.9 Å². The molecule has 3 rings (SSSR count). The highest BCUT2D eigenvalue weighted by Gasteiger charge is 2.34. The van der Waals surface area contributed by atoms with E-state index in [0.717, 1.165) is 12.8 Å². The molecular formula is C16H23N3O3S. The average molecular weight is 337 g/mol. The second-order valence-electron chi connectivity index (χ2n) is 6.27. The van der Waals surface area contributed by atoms with Crippen molar-refractivity contribution in [3.63, 3.8) is 0 Å². The fraction of sp³-hybridized carbons (Fsp3) is 0.562. The van der Waals surface area contributed by atoms with E-state index >= 15 is 0 Å². The molecule has 0 saturated carbocycles. The summed E-state index contributed by atoms with van der Waals surface area (Å²) in [7, 11) is -3.52. The molecular weight excluding hydrogens is 314 g/mol. The lowest BCUT2D eigenvalue weighted by atomic mass is 10.1. The molecule has 0 bridgehead atoms. The molecule has 0 atom stereocenters. The largest absolute Gasteiger partial charge is 0.360 e. The quantitative estimate of drug-likeness (QED) is 0.863. The van der Waals surface area contributed by atoms with Gasteiger partial charge in [0.2, 0.25) is 10.0 Å². The van der Waals surface area contributed by atoms with Crippen molar-refractivity contribution in [3.05, 3.63) is 35.0 Å². The van der Waals surface area contributed by atoms with Crippen LogP contribution in [-0.4, -0.2) is 35.5 Å². The molecule has 0 aromatic carbocycles. The first-order valence-electron chi connectivity index (χ1n) is 7.90. The van der Waals surface area contributed by atoms with Gasteiger partial charge in [0.05, 0.1) is 0 Å². The van der Waals surface area contributed by atoms with Crippen LogP contribution in [0, 0.1) is 27.7 Å². The van der Waals surface area contributed by atoms with Gasteiger partial charge in [-0.25, -0.2) is 8.42 Å². The van der Waals surface area contributed by atoms with Gasteiger partial charge >= 0.3 is 0 Å². The van der Waals surface area contributed by atoms with Crippen LogP contribution in [0.1, 0.15) is 41.7 Å². The van der Waals surface area contributed by atoms with Crippen molar-refractivity contribution in [2.75, 3.05) is 13.1 Å². The smallest absolute Gasteiger partial charge is 0.248 e. The summed E-state index contributed by atoms with van der Waals surface area (Å²) in [6.45, 7) is 8.55. The summed E-state index contributed by atoms with van der Waals surface area (Å²) in [5, 5.41) is 3.77. The van der Waals surface area contributed by atoms with E-state index in [9.17, 15) is 8.42 Å². The Bertz CT molecular complexity index is 773. The minimum Gasteiger partial charge on any atom is -0.360 e. The molecule has 6 nitrogen and oxygen atoms in total. The van der Waals surface area contributed by atoms with Crippen LogP contribution in [0.2, 0.25) is 0 Å². The summed E-state index contributed by atoms with van der Waals surface area (Å²) in [4.78, 5) is 0.226. The Hall–Kier alpha value is -1.60. The highest BCUT2D eigenvalue weighted by molar-refractivity contribution is 7.89. The average Bonchev–Trinajstić information content (AvgIpc) is 3.02. The summed E-state index contributed by atoms with van der Waals surface area (Å²) < 4.78 is 34.6. The minimum atomic E-state index is -3.52. The zero-order valence-corrected chi connectivity index (χ0v) is 14.9. The van der Waals surface area contributed by atoms with Crippen LogP contribution < -0.4 is 0 Å². The Morgan fingerprint density at radius 2 is 1.65 bits per heavy atom. The third-order valence-electron chi connectivity index (χ3n) is 4.68. The van der Waals surface area contributed by atoms with Crippen LogP contribution in [0.15, 0.2) is 21.6 Å². The molecule has 0 radical (unpaired) electrons. The maximum atomic E-state index is 12.8. The van der Waals surface area contributed by atoms with Crippen molar-refractivity contribution in [3.8, 4) is 0 Å². The number of hydrogen-bond donors (Lipinski definition) is 0. The standard InChI is InChI=1S/C16H23N3O3S/c1-11-5-6-12(2)19(11)15-7-9-18(10-8-15)23(20,21)16-13(3)17-22-14(16)4/h5-6,15H,7-10H2,1-4H3. The fourth-order valence-electron chi connectivity index (χ4n) is 3.57. The number of aromatic nitrogens is 2. The van der Waals surface area contributed by atoms with Crippen molar-refractivity contribution in [2.45, 2.75) is 51.5 Å². The number of hydrogen-bond acceptors (Lipinski definition) is 4. The molecule has 0 unspecified atom stereocenters. The lowest BCUT2D eigenvalue weighted by molar-refractivity contribution is 0.270. The Balaban J connectivity index is 1.79. The van der Waals surface area contributed by atoms with Crippen LogP contribution in [-0.2, 0) is 10.0 Å². The number of nitrogens with zero attached hydrogens (tertiary/aromatic N) is 3. The molecule has 2 aromatic heterocycles. The Labute approximate surface area is 137 Å². The highest BCUT2D eigenvalue weighted by Crippen LogP contribution is 2.31. The SMILES string of the molecule is Cc1noc(C)c1S(=O)(=O)N1CCC(n2c(C)ccc2C)CC1. The van der Waals surface area contributed by atoms with Crippen LogP contribution in [0.5, 0.6) is 0 Å². The first-order valence-corrected chi connectivity index (χ1v) is 9.34. The summed E-state index contributed by atoms with van der Waals surface area (Å²) >= 11 is 0. The number of aryl methyl sites for hydroxylation is 4. The minimum absolute atomic E-state index is 0.226. The molecule has 2 aromatic rings. The first-order chi connectivity index (χ1) is 10.8. The molecule has 0 N–H and O–H groups in total. The predicted molar refractivity (Wildman–Crippen MR) is 86.9 cm³/mol. The Kier molecular flexibility index (Phi) is 4.10. The van der Waals surface area contributed by atoms with Gasteiger partial charge in [-0.15, -0.1) is 0 Å². The van der Waals surface area contributed by atoms with Gasteiger partial charge in [0, 0.05) is 30.5 Å². The molecule has 1 aliphatic heterocycles. The van der Waals surface area contributed by atoms with Gasteiger partial charge < -0.3 is 9.09 Å². The van der Waals surface area contributed by atoms with E-state index in [-0.39, 0.29) is 4.90 Å². The van der Waals surface area contributed by atoms with E-state index in [1.165, 1.54) is 11.4 Å². The molecule has 0 aliphatic carbocycles. The summed E-state index contributed by atoms with van der Waals surface area (Å²) in [6.07, 6.45) is 1.64. The van der Waals surface area contributed by atoms with Gasteiger partial charge in [-0.3, -0.25) is 0 Å². The zero-order chi connectivity index (χ0) is 16.8. The van der Waals surface area contributed by atoms with E-state index in [1.54, 1.807) is 18.2 Å². The Morgan fingerprint density at radius 3 is 2.13 bits per heavy atom. The number of piperidine rings is 1. The molecule has 1 saturated heterocycles. The maximum Gasteiger partial charge on any atom is 0.248 e. The second kappa shape index (κ2) is 5.79. The van der Waals surface area contributed by atoms with Crippen LogP contribution in [0.4, 0.5) is 0 Å². The van der Waals surface area contributed by atoms with Gasteiger partial charge in [-0.1, -0.05) is 5.16 Å². The highest BCUT2D eigenvalue weighted by atomic mass is 32.2. The normalized spacial score (nSPS) is 17.7. The van der Waals surface area contributed by atoms with Crippen LogP contribution >= 0.6 is 0 Å². The van der Waals surface area contributed by atoms with Crippen LogP contribution in [0.25, 0.3) is 0 Å². The van der Waals surface area contributed by atoms with E-state index in [4.69, 9.17) is 4.52 Å². The van der Waals surface area contributed by atoms with Gasteiger partial charge in [0.25, 0.3) is 0 Å². The van der Waals surface area contributed by atoms with E-state index in [0.29, 0.717) is 30.6 Å². The Morgan fingerprint density at radius 1 is 1.09 bits per heavy atom. The molecule has 0 amide bonds. The molecule has 23 heavy (non-hydrogen) atoms. The van der Waals surface area contributed by atoms with Crippen molar-refractivity contribution in [2.24, 2.45) is 0 Å². The van der Waals surface area contributed by atoms with Gasteiger partial charge in [-0.05, 0) is 52.7 Å². The molecule has 1 fully saturated rings. The number of sulfonamides is 1. The molecule has 3 heterocycles. The summed E-state index contributed by atoms with van der Waals surface area (Å²) in [5.74, 6) is 0.363. The van der Waals surface area contributed by atoms with Crippen molar-refractivity contribution in [1.82, 2.24) is 14.0 Å². The number of rotatable bonds is 3. The molecule has 1 aliphatic rings. The second-order valence-corrected chi connectivity index (χ2v) is 8.15. The predicted octanol–water partition coefficient (Wildman–Crippen LogP) is 2.74. The maximum absolute atomic E-state index is 12.8. The third kappa shape index (κ3) is 2.72. The lowest BCUT2D eigenvalue weighted by Gasteiger charge is -2.33. The van der Waals surface area contributed by atoms with E-state index in [2.05, 4.69) is 35.7 Å². The summed E-state index contributed by atoms with van der Waals surface area (Å²) in [5.41, 5.74) is 2.89. The monoisotopic (exact) mass is 337 g/mol. The molecule has 7 heteroatoms.